The summed E-state index contributed by atoms with van der Waals surface area (Å²) in [6.45, 7) is 5.15. The van der Waals surface area contributed by atoms with Crippen LogP contribution in [0.15, 0.2) is 35.3 Å². The number of hydrogen-bond donors (Lipinski definition) is 1. The molecule has 3 heteroatoms. The second-order valence-corrected chi connectivity index (χ2v) is 5.62. The Balaban J connectivity index is 1.95. The molecule has 110 valence electrons. The molecule has 0 bridgehead atoms. The molecule has 1 fully saturated rings. The summed E-state index contributed by atoms with van der Waals surface area (Å²) >= 11 is 0. The second-order valence-electron chi connectivity index (χ2n) is 5.62. The van der Waals surface area contributed by atoms with Crippen LogP contribution in [0.1, 0.15) is 50.5 Å². The molecule has 0 saturated carbocycles. The number of likely N-dealkylation sites (tertiary alicyclic amines) is 1. The van der Waals surface area contributed by atoms with Crippen molar-refractivity contribution in [3.05, 3.63) is 35.9 Å². The van der Waals surface area contributed by atoms with Crippen LogP contribution < -0.4 is 5.73 Å². The largest absolute Gasteiger partial charge is 0.370 e. The fourth-order valence-electron chi connectivity index (χ4n) is 2.80. The number of rotatable bonds is 4. The summed E-state index contributed by atoms with van der Waals surface area (Å²) in [7, 11) is 0. The van der Waals surface area contributed by atoms with E-state index >= 15 is 0 Å². The highest BCUT2D eigenvalue weighted by atomic mass is 15.2. The van der Waals surface area contributed by atoms with Gasteiger partial charge in [-0.2, -0.15) is 0 Å². The van der Waals surface area contributed by atoms with E-state index in [0.29, 0.717) is 5.92 Å². The van der Waals surface area contributed by atoms with Gasteiger partial charge in [0.05, 0.1) is 0 Å². The number of hydrogen-bond acceptors (Lipinski definition) is 1. The van der Waals surface area contributed by atoms with Gasteiger partial charge in [0.2, 0.25) is 0 Å². The van der Waals surface area contributed by atoms with E-state index in [4.69, 9.17) is 5.73 Å². The van der Waals surface area contributed by atoms with E-state index in [2.05, 4.69) is 47.1 Å². The van der Waals surface area contributed by atoms with E-state index < -0.39 is 0 Å². The van der Waals surface area contributed by atoms with Crippen LogP contribution in [0.4, 0.5) is 0 Å². The minimum absolute atomic E-state index is 0.474. The molecule has 1 aliphatic rings. The minimum atomic E-state index is 0.474. The van der Waals surface area contributed by atoms with Crippen molar-refractivity contribution < 1.29 is 0 Å². The van der Waals surface area contributed by atoms with E-state index in [9.17, 15) is 0 Å². The van der Waals surface area contributed by atoms with Gasteiger partial charge in [-0.3, -0.25) is 4.99 Å². The molecule has 1 aromatic carbocycles. The topological polar surface area (TPSA) is 41.6 Å². The highest BCUT2D eigenvalue weighted by Gasteiger charge is 2.12. The fraction of sp³-hybridized carbons (Fsp3) is 0.588. The molecule has 1 unspecified atom stereocenters. The monoisotopic (exact) mass is 273 g/mol. The molecule has 0 amide bonds. The first kappa shape index (κ1) is 14.9. The number of aliphatic imine (C=N–C) groups is 1. The van der Waals surface area contributed by atoms with Crippen molar-refractivity contribution in [3.8, 4) is 0 Å². The molecule has 1 atom stereocenters. The van der Waals surface area contributed by atoms with Crippen LogP contribution in [-0.2, 0) is 0 Å². The van der Waals surface area contributed by atoms with Crippen LogP contribution in [0.25, 0.3) is 0 Å². The predicted molar refractivity (Wildman–Crippen MR) is 86.0 cm³/mol. The normalized spacial score (nSPS) is 18.6. The summed E-state index contributed by atoms with van der Waals surface area (Å²) in [4.78, 5) is 6.91. The van der Waals surface area contributed by atoms with Gasteiger partial charge >= 0.3 is 0 Å². The first-order chi connectivity index (χ1) is 9.81. The summed E-state index contributed by atoms with van der Waals surface area (Å²) < 4.78 is 0. The Kier molecular flexibility index (Phi) is 5.90. The average Bonchev–Trinajstić information content (AvgIpc) is 2.78. The zero-order chi connectivity index (χ0) is 14.2. The van der Waals surface area contributed by atoms with Crippen LogP contribution in [0.3, 0.4) is 0 Å². The van der Waals surface area contributed by atoms with Gasteiger partial charge in [-0.05, 0) is 24.8 Å². The van der Waals surface area contributed by atoms with E-state index in [-0.39, 0.29) is 0 Å². The summed E-state index contributed by atoms with van der Waals surface area (Å²) in [5.41, 5.74) is 7.54. The van der Waals surface area contributed by atoms with Gasteiger partial charge in [-0.1, -0.05) is 50.1 Å². The number of benzene rings is 1. The van der Waals surface area contributed by atoms with Crippen LogP contribution in [0.5, 0.6) is 0 Å². The van der Waals surface area contributed by atoms with Crippen molar-refractivity contribution in [1.29, 1.82) is 0 Å². The van der Waals surface area contributed by atoms with Crippen LogP contribution >= 0.6 is 0 Å². The van der Waals surface area contributed by atoms with Crippen molar-refractivity contribution in [2.45, 2.75) is 44.9 Å². The molecule has 0 aliphatic carbocycles. The molecule has 3 nitrogen and oxygen atoms in total. The van der Waals surface area contributed by atoms with Crippen LogP contribution in [-0.4, -0.2) is 30.5 Å². The van der Waals surface area contributed by atoms with Gasteiger partial charge in [0.1, 0.15) is 0 Å². The maximum Gasteiger partial charge on any atom is 0.191 e. The first-order valence-electron chi connectivity index (χ1n) is 7.91. The molecule has 1 aromatic rings. The standard InChI is InChI=1S/C17H27N3/c1-2-15(16-10-6-5-7-11-16)14-19-17(18)20-12-8-3-4-9-13-20/h5-7,10-11,15H,2-4,8-9,12-14H2,1H3,(H2,18,19). The van der Waals surface area contributed by atoms with Crippen LogP contribution in [0, 0.1) is 0 Å². The molecule has 2 N–H and O–H groups in total. The quantitative estimate of drug-likeness (QED) is 0.675. The van der Waals surface area contributed by atoms with Gasteiger partial charge in [0, 0.05) is 25.6 Å². The summed E-state index contributed by atoms with van der Waals surface area (Å²) in [5.74, 6) is 1.21. The predicted octanol–water partition coefficient (Wildman–Crippen LogP) is 3.37. The molecule has 1 heterocycles. The molecular formula is C17H27N3. The minimum Gasteiger partial charge on any atom is -0.370 e. The average molecular weight is 273 g/mol. The smallest absolute Gasteiger partial charge is 0.191 e. The summed E-state index contributed by atoms with van der Waals surface area (Å²) in [6.07, 6.45) is 6.23. The fourth-order valence-corrected chi connectivity index (χ4v) is 2.80. The number of nitrogens with zero attached hydrogens (tertiary/aromatic N) is 2. The highest BCUT2D eigenvalue weighted by molar-refractivity contribution is 5.78. The van der Waals surface area contributed by atoms with Crippen molar-refractivity contribution in [3.63, 3.8) is 0 Å². The Morgan fingerprint density at radius 2 is 1.80 bits per heavy atom. The Morgan fingerprint density at radius 3 is 2.40 bits per heavy atom. The zero-order valence-corrected chi connectivity index (χ0v) is 12.6. The molecule has 1 aliphatic heterocycles. The zero-order valence-electron chi connectivity index (χ0n) is 12.6. The Bertz CT molecular complexity index is 406. The molecule has 20 heavy (non-hydrogen) atoms. The van der Waals surface area contributed by atoms with Gasteiger partial charge in [0.15, 0.2) is 5.96 Å². The molecular weight excluding hydrogens is 246 g/mol. The third-order valence-corrected chi connectivity index (χ3v) is 4.17. The van der Waals surface area contributed by atoms with Gasteiger partial charge in [-0.25, -0.2) is 0 Å². The highest BCUT2D eigenvalue weighted by Crippen LogP contribution is 2.19. The molecule has 0 radical (unpaired) electrons. The lowest BCUT2D eigenvalue weighted by Crippen LogP contribution is -2.38. The molecule has 2 rings (SSSR count). The molecule has 1 saturated heterocycles. The second kappa shape index (κ2) is 7.93. The maximum atomic E-state index is 6.17. The van der Waals surface area contributed by atoms with Gasteiger partial charge in [-0.15, -0.1) is 0 Å². The lowest BCUT2D eigenvalue weighted by Gasteiger charge is -2.22. The maximum absolute atomic E-state index is 6.17. The van der Waals surface area contributed by atoms with Crippen LogP contribution in [0.2, 0.25) is 0 Å². The van der Waals surface area contributed by atoms with Crippen molar-refractivity contribution in [2.75, 3.05) is 19.6 Å². The lowest BCUT2D eigenvalue weighted by molar-refractivity contribution is 0.427. The Labute approximate surface area is 122 Å². The third kappa shape index (κ3) is 4.26. The Morgan fingerprint density at radius 1 is 1.15 bits per heavy atom. The molecule has 0 spiro atoms. The van der Waals surface area contributed by atoms with Crippen molar-refractivity contribution >= 4 is 5.96 Å². The van der Waals surface area contributed by atoms with E-state index in [0.717, 1.165) is 32.0 Å². The number of guanidine groups is 1. The number of nitrogens with two attached hydrogens (primary N) is 1. The first-order valence-corrected chi connectivity index (χ1v) is 7.91. The van der Waals surface area contributed by atoms with E-state index in [1.807, 2.05) is 0 Å². The van der Waals surface area contributed by atoms with Gasteiger partial charge < -0.3 is 10.6 Å². The Hall–Kier alpha value is -1.51. The van der Waals surface area contributed by atoms with E-state index in [1.165, 1.54) is 31.2 Å². The third-order valence-electron chi connectivity index (χ3n) is 4.17. The van der Waals surface area contributed by atoms with E-state index in [1.54, 1.807) is 0 Å². The SMILES string of the molecule is CCC(CN=C(N)N1CCCCCC1)c1ccccc1. The summed E-state index contributed by atoms with van der Waals surface area (Å²) in [5, 5.41) is 0. The molecule has 0 aromatic heterocycles. The lowest BCUT2D eigenvalue weighted by atomic mass is 9.97. The van der Waals surface area contributed by atoms with Gasteiger partial charge in [0.25, 0.3) is 0 Å². The van der Waals surface area contributed by atoms with Crippen molar-refractivity contribution in [2.24, 2.45) is 10.7 Å². The summed E-state index contributed by atoms with van der Waals surface area (Å²) in [6, 6.07) is 10.6. The van der Waals surface area contributed by atoms with Crippen molar-refractivity contribution in [1.82, 2.24) is 4.90 Å².